The van der Waals surface area contributed by atoms with E-state index in [1.807, 2.05) is 0 Å². The molecule has 0 aliphatic carbocycles. The Kier molecular flexibility index (Phi) is 4.26. The van der Waals surface area contributed by atoms with E-state index in [9.17, 15) is 31.1 Å². The fraction of sp³-hybridized carbons (Fsp3) is 0.556. The van der Waals surface area contributed by atoms with Crippen LogP contribution in [0.4, 0.5) is 31.5 Å². The molecule has 1 aromatic heterocycles. The van der Waals surface area contributed by atoms with Gasteiger partial charge in [-0.2, -0.15) is 26.3 Å². The molecule has 0 saturated carbocycles. The number of thiazole rings is 1. The Bertz CT molecular complexity index is 484. The molecule has 1 rings (SSSR count). The van der Waals surface area contributed by atoms with Crippen LogP contribution in [0.2, 0.25) is 19.6 Å². The number of aromatic nitrogens is 1. The summed E-state index contributed by atoms with van der Waals surface area (Å²) in [5.74, 6) is -2.35. The number of hydrogen-bond acceptors (Lipinski definition) is 3. The molecular formula is C9H10F6N2OSSi. The van der Waals surface area contributed by atoms with Crippen molar-refractivity contribution in [1.82, 2.24) is 4.98 Å². The number of rotatable bonds is 2. The van der Waals surface area contributed by atoms with Gasteiger partial charge in [-0.15, -0.1) is 11.3 Å². The minimum Gasteiger partial charge on any atom is -0.294 e. The average molecular weight is 336 g/mol. The number of nitrogens with zero attached hydrogens (tertiary/aromatic N) is 1. The zero-order chi connectivity index (χ0) is 15.9. The van der Waals surface area contributed by atoms with Crippen LogP contribution in [0.1, 0.15) is 5.69 Å². The van der Waals surface area contributed by atoms with E-state index in [2.05, 4.69) is 4.98 Å². The van der Waals surface area contributed by atoms with Crippen molar-refractivity contribution < 1.29 is 31.1 Å². The highest BCUT2D eigenvalue weighted by molar-refractivity contribution is 7.29. The fourth-order valence-corrected chi connectivity index (χ4v) is 4.40. The number of halogens is 6. The van der Waals surface area contributed by atoms with E-state index in [1.54, 1.807) is 19.6 Å². The third-order valence-corrected chi connectivity index (χ3v) is 6.58. The SMILES string of the molecule is C[Si](C)(C)c1sc(NC(=O)C(F)(F)F)nc1C(F)(F)F. The Morgan fingerprint density at radius 1 is 1.15 bits per heavy atom. The van der Waals surface area contributed by atoms with Crippen LogP contribution in [0.5, 0.6) is 0 Å². The number of alkyl halides is 6. The predicted molar refractivity (Wildman–Crippen MR) is 64.8 cm³/mol. The molecule has 1 heterocycles. The second kappa shape index (κ2) is 5.02. The van der Waals surface area contributed by atoms with Gasteiger partial charge in [0.25, 0.3) is 0 Å². The first-order valence-corrected chi connectivity index (χ1v) is 9.51. The molecule has 0 aliphatic rings. The second-order valence-corrected chi connectivity index (χ2v) is 11.3. The van der Waals surface area contributed by atoms with Crippen LogP contribution < -0.4 is 9.82 Å². The maximum absolute atomic E-state index is 12.8. The maximum Gasteiger partial charge on any atom is 0.471 e. The summed E-state index contributed by atoms with van der Waals surface area (Å²) < 4.78 is 74.5. The highest BCUT2D eigenvalue weighted by atomic mass is 32.1. The molecule has 0 fully saturated rings. The Balaban J connectivity index is 3.21. The Hall–Kier alpha value is -1.10. The summed E-state index contributed by atoms with van der Waals surface area (Å²) in [6.07, 6.45) is -9.95. The molecule has 20 heavy (non-hydrogen) atoms. The van der Waals surface area contributed by atoms with E-state index in [0.29, 0.717) is 11.3 Å². The summed E-state index contributed by atoms with van der Waals surface area (Å²) >= 11 is 0.436. The smallest absolute Gasteiger partial charge is 0.294 e. The van der Waals surface area contributed by atoms with E-state index in [0.717, 1.165) is 0 Å². The van der Waals surface area contributed by atoms with Crippen LogP contribution >= 0.6 is 11.3 Å². The van der Waals surface area contributed by atoms with Crippen molar-refractivity contribution in [2.24, 2.45) is 0 Å². The fourth-order valence-electron chi connectivity index (χ4n) is 1.24. The normalized spacial score (nSPS) is 13.4. The molecule has 0 radical (unpaired) electrons. The van der Waals surface area contributed by atoms with Crippen molar-refractivity contribution in [1.29, 1.82) is 0 Å². The average Bonchev–Trinajstić information content (AvgIpc) is 2.58. The summed E-state index contributed by atoms with van der Waals surface area (Å²) in [5, 5.41) is 0.655. The number of hydrogen-bond donors (Lipinski definition) is 1. The third kappa shape index (κ3) is 3.95. The standard InChI is InChI=1S/C9H10F6N2OSSi/c1-20(2,3)5-4(8(10,11)12)16-7(19-5)17-6(18)9(13,14)15/h1-3H3,(H,16,17,18). The zero-order valence-electron chi connectivity index (χ0n) is 10.5. The number of amides is 1. The van der Waals surface area contributed by atoms with E-state index in [-0.39, 0.29) is 4.50 Å². The Labute approximate surface area is 115 Å². The molecule has 0 unspecified atom stereocenters. The minimum atomic E-state index is -5.18. The van der Waals surface area contributed by atoms with Gasteiger partial charge in [0.2, 0.25) is 0 Å². The summed E-state index contributed by atoms with van der Waals surface area (Å²) in [7, 11) is -2.46. The molecule has 0 spiro atoms. The molecule has 0 atom stereocenters. The number of anilines is 1. The van der Waals surface area contributed by atoms with Crippen molar-refractivity contribution >= 4 is 34.9 Å². The molecule has 1 aromatic rings. The zero-order valence-corrected chi connectivity index (χ0v) is 12.3. The van der Waals surface area contributed by atoms with Gasteiger partial charge >= 0.3 is 18.3 Å². The van der Waals surface area contributed by atoms with Crippen molar-refractivity contribution in [3.63, 3.8) is 0 Å². The van der Waals surface area contributed by atoms with Crippen LogP contribution in [-0.2, 0) is 11.0 Å². The molecular weight excluding hydrogens is 326 g/mol. The van der Waals surface area contributed by atoms with E-state index >= 15 is 0 Å². The van der Waals surface area contributed by atoms with Gasteiger partial charge in [-0.25, -0.2) is 4.98 Å². The lowest BCUT2D eigenvalue weighted by Gasteiger charge is -2.16. The second-order valence-electron chi connectivity index (χ2n) is 4.90. The lowest BCUT2D eigenvalue weighted by atomic mass is 10.5. The van der Waals surface area contributed by atoms with Crippen LogP contribution in [0, 0.1) is 0 Å². The number of carbonyl (C=O) groups excluding carboxylic acids is 1. The summed E-state index contributed by atoms with van der Waals surface area (Å²) in [4.78, 5) is 13.8. The molecule has 0 saturated heterocycles. The summed E-state index contributed by atoms with van der Waals surface area (Å²) in [5.41, 5.74) is -1.22. The van der Waals surface area contributed by atoms with Crippen LogP contribution in [0.3, 0.4) is 0 Å². The monoisotopic (exact) mass is 336 g/mol. The third-order valence-electron chi connectivity index (χ3n) is 2.05. The van der Waals surface area contributed by atoms with Gasteiger partial charge in [0.15, 0.2) is 10.8 Å². The van der Waals surface area contributed by atoms with Crippen molar-refractivity contribution in [3.8, 4) is 0 Å². The molecule has 0 aromatic carbocycles. The Morgan fingerprint density at radius 3 is 1.95 bits per heavy atom. The van der Waals surface area contributed by atoms with Crippen molar-refractivity contribution in [2.45, 2.75) is 32.0 Å². The van der Waals surface area contributed by atoms with Crippen molar-refractivity contribution in [2.75, 3.05) is 5.32 Å². The van der Waals surface area contributed by atoms with Gasteiger partial charge in [-0.3, -0.25) is 10.1 Å². The largest absolute Gasteiger partial charge is 0.471 e. The molecule has 114 valence electrons. The number of nitrogens with one attached hydrogen (secondary N) is 1. The predicted octanol–water partition coefficient (Wildman–Crippen LogP) is 3.21. The quantitative estimate of drug-likeness (QED) is 0.666. The lowest BCUT2D eigenvalue weighted by Crippen LogP contribution is -2.39. The van der Waals surface area contributed by atoms with Gasteiger partial charge in [0.1, 0.15) is 0 Å². The molecule has 1 amide bonds. The van der Waals surface area contributed by atoms with Gasteiger partial charge in [0.05, 0.1) is 8.07 Å². The van der Waals surface area contributed by atoms with Crippen LogP contribution in [-0.4, -0.2) is 25.1 Å². The first-order valence-electron chi connectivity index (χ1n) is 5.19. The van der Waals surface area contributed by atoms with Crippen molar-refractivity contribution in [3.05, 3.63) is 5.69 Å². The van der Waals surface area contributed by atoms with E-state index < -0.39 is 37.2 Å². The Morgan fingerprint density at radius 2 is 1.65 bits per heavy atom. The molecule has 0 aliphatic heterocycles. The molecule has 11 heteroatoms. The first-order chi connectivity index (χ1) is 8.73. The highest BCUT2D eigenvalue weighted by Crippen LogP contribution is 2.32. The van der Waals surface area contributed by atoms with Crippen LogP contribution in [0.15, 0.2) is 0 Å². The summed E-state index contributed by atoms with van der Waals surface area (Å²) in [6.45, 7) is 4.81. The van der Waals surface area contributed by atoms with Gasteiger partial charge in [0, 0.05) is 4.50 Å². The van der Waals surface area contributed by atoms with E-state index in [4.69, 9.17) is 0 Å². The topological polar surface area (TPSA) is 42.0 Å². The summed E-state index contributed by atoms with van der Waals surface area (Å²) in [6, 6.07) is 0. The van der Waals surface area contributed by atoms with Gasteiger partial charge in [-0.05, 0) is 0 Å². The molecule has 3 nitrogen and oxygen atoms in total. The number of carbonyl (C=O) groups is 1. The lowest BCUT2D eigenvalue weighted by molar-refractivity contribution is -0.167. The molecule has 1 N–H and O–H groups in total. The van der Waals surface area contributed by atoms with Crippen LogP contribution in [0.25, 0.3) is 0 Å². The van der Waals surface area contributed by atoms with Gasteiger partial charge in [-0.1, -0.05) is 19.6 Å². The molecule has 0 bridgehead atoms. The first kappa shape index (κ1) is 16.9. The van der Waals surface area contributed by atoms with Gasteiger partial charge < -0.3 is 0 Å². The highest BCUT2D eigenvalue weighted by Gasteiger charge is 2.43. The van der Waals surface area contributed by atoms with E-state index in [1.165, 1.54) is 5.32 Å². The maximum atomic E-state index is 12.8. The minimum absolute atomic E-state index is 0.109.